The first-order valence-electron chi connectivity index (χ1n) is 5.71. The van der Waals surface area contributed by atoms with Crippen LogP contribution in [-0.4, -0.2) is 14.2 Å². The molecule has 18 heavy (non-hydrogen) atoms. The molecule has 0 bridgehead atoms. The molecule has 0 spiro atoms. The molecule has 96 valence electrons. The minimum absolute atomic E-state index is 0.0610. The molecule has 2 aromatic rings. The summed E-state index contributed by atoms with van der Waals surface area (Å²) in [4.78, 5) is 0. The Kier molecular flexibility index (Phi) is 3.94. The molecule has 2 rings (SSSR count). The van der Waals surface area contributed by atoms with E-state index in [0.717, 1.165) is 16.9 Å². The topological polar surface area (TPSA) is 34.4 Å². The smallest absolute Gasteiger partial charge is 0.137 e. The van der Waals surface area contributed by atoms with Crippen molar-refractivity contribution in [1.29, 1.82) is 0 Å². The summed E-state index contributed by atoms with van der Waals surface area (Å²) in [7, 11) is 3.51. The number of rotatable bonds is 4. The quantitative estimate of drug-likeness (QED) is 0.918. The number of furan rings is 1. The highest BCUT2D eigenvalue weighted by molar-refractivity contribution is 6.32. The molecule has 3 nitrogen and oxygen atoms in total. The van der Waals surface area contributed by atoms with E-state index in [1.165, 1.54) is 0 Å². The van der Waals surface area contributed by atoms with Gasteiger partial charge in [-0.25, -0.2) is 0 Å². The monoisotopic (exact) mass is 265 g/mol. The van der Waals surface area contributed by atoms with Crippen LogP contribution in [0.2, 0.25) is 5.02 Å². The van der Waals surface area contributed by atoms with Gasteiger partial charge in [-0.1, -0.05) is 17.7 Å². The lowest BCUT2D eigenvalue weighted by Gasteiger charge is -2.16. The van der Waals surface area contributed by atoms with E-state index in [9.17, 15) is 0 Å². The van der Waals surface area contributed by atoms with Gasteiger partial charge in [-0.2, -0.15) is 0 Å². The second-order valence-electron chi connectivity index (χ2n) is 4.11. The summed E-state index contributed by atoms with van der Waals surface area (Å²) in [5, 5.41) is 3.86. The maximum absolute atomic E-state index is 6.15. The molecule has 0 amide bonds. The zero-order chi connectivity index (χ0) is 13.1. The Labute approximate surface area is 112 Å². The first-order valence-corrected chi connectivity index (χ1v) is 6.09. The average Bonchev–Trinajstić information content (AvgIpc) is 2.77. The molecule has 1 heterocycles. The first kappa shape index (κ1) is 13.0. The Bertz CT molecular complexity index is 536. The Hall–Kier alpha value is -1.45. The summed E-state index contributed by atoms with van der Waals surface area (Å²) in [6.07, 6.45) is 1.76. The maximum Gasteiger partial charge on any atom is 0.137 e. The minimum Gasteiger partial charge on any atom is -0.495 e. The second kappa shape index (κ2) is 5.46. The number of halogens is 1. The number of hydrogen-bond acceptors (Lipinski definition) is 3. The number of ether oxygens (including phenoxy) is 1. The lowest BCUT2D eigenvalue weighted by molar-refractivity contribution is 0.414. The van der Waals surface area contributed by atoms with Crippen LogP contribution >= 0.6 is 11.6 Å². The van der Waals surface area contributed by atoms with Crippen molar-refractivity contribution in [3.8, 4) is 5.75 Å². The largest absolute Gasteiger partial charge is 0.495 e. The van der Waals surface area contributed by atoms with Crippen LogP contribution in [0.3, 0.4) is 0 Å². The first-order chi connectivity index (χ1) is 8.65. The van der Waals surface area contributed by atoms with Crippen molar-refractivity contribution in [3.05, 3.63) is 52.4 Å². The third-order valence-corrected chi connectivity index (χ3v) is 3.18. The van der Waals surface area contributed by atoms with Gasteiger partial charge in [-0.15, -0.1) is 0 Å². The fourth-order valence-corrected chi connectivity index (χ4v) is 2.27. The number of hydrogen-bond donors (Lipinski definition) is 1. The van der Waals surface area contributed by atoms with Gasteiger partial charge in [0.1, 0.15) is 11.5 Å². The third kappa shape index (κ3) is 2.52. The Morgan fingerprint density at radius 3 is 2.56 bits per heavy atom. The molecule has 0 saturated carbocycles. The summed E-state index contributed by atoms with van der Waals surface area (Å²) in [6, 6.07) is 7.85. The summed E-state index contributed by atoms with van der Waals surface area (Å²) in [6.45, 7) is 1.93. The average molecular weight is 266 g/mol. The van der Waals surface area contributed by atoms with E-state index in [-0.39, 0.29) is 6.04 Å². The van der Waals surface area contributed by atoms with Gasteiger partial charge in [0.25, 0.3) is 0 Å². The van der Waals surface area contributed by atoms with Crippen molar-refractivity contribution in [2.45, 2.75) is 13.0 Å². The van der Waals surface area contributed by atoms with Crippen LogP contribution in [0.1, 0.15) is 22.9 Å². The van der Waals surface area contributed by atoms with Crippen LogP contribution in [0.5, 0.6) is 5.75 Å². The lowest BCUT2D eigenvalue weighted by atomic mass is 10.0. The van der Waals surface area contributed by atoms with E-state index in [1.54, 1.807) is 13.4 Å². The van der Waals surface area contributed by atoms with Crippen molar-refractivity contribution in [1.82, 2.24) is 5.32 Å². The van der Waals surface area contributed by atoms with Crippen molar-refractivity contribution in [3.63, 3.8) is 0 Å². The molecule has 0 radical (unpaired) electrons. The zero-order valence-corrected chi connectivity index (χ0v) is 11.4. The highest BCUT2D eigenvalue weighted by Crippen LogP contribution is 2.30. The second-order valence-corrected chi connectivity index (χ2v) is 4.51. The van der Waals surface area contributed by atoms with Gasteiger partial charge in [0.15, 0.2) is 0 Å². The van der Waals surface area contributed by atoms with Gasteiger partial charge in [-0.05, 0) is 37.7 Å². The zero-order valence-electron chi connectivity index (χ0n) is 10.7. The van der Waals surface area contributed by atoms with Crippen molar-refractivity contribution in [2.24, 2.45) is 0 Å². The van der Waals surface area contributed by atoms with Crippen molar-refractivity contribution in [2.75, 3.05) is 14.2 Å². The maximum atomic E-state index is 6.15. The molecular weight excluding hydrogens is 250 g/mol. The van der Waals surface area contributed by atoms with Crippen LogP contribution in [0.15, 0.2) is 34.9 Å². The van der Waals surface area contributed by atoms with Crippen LogP contribution in [0.25, 0.3) is 0 Å². The molecule has 4 heteroatoms. The molecule has 1 aromatic carbocycles. The fourth-order valence-electron chi connectivity index (χ4n) is 2.00. The molecule has 1 aromatic heterocycles. The van der Waals surface area contributed by atoms with Crippen molar-refractivity contribution >= 4 is 11.6 Å². The lowest BCUT2D eigenvalue weighted by Crippen LogP contribution is -2.17. The van der Waals surface area contributed by atoms with Gasteiger partial charge >= 0.3 is 0 Å². The standard InChI is InChI=1S/C14H16ClNO2/c1-9-6-11(8-18-9)14(16-2)10-4-5-13(17-3)12(15)7-10/h4-8,14,16H,1-3H3. The van der Waals surface area contributed by atoms with Crippen LogP contribution in [-0.2, 0) is 0 Å². The Morgan fingerprint density at radius 1 is 1.28 bits per heavy atom. The molecule has 0 aliphatic rings. The third-order valence-electron chi connectivity index (χ3n) is 2.88. The number of nitrogens with one attached hydrogen (secondary N) is 1. The minimum atomic E-state index is 0.0610. The summed E-state index contributed by atoms with van der Waals surface area (Å²) >= 11 is 6.15. The van der Waals surface area contributed by atoms with E-state index in [0.29, 0.717) is 10.8 Å². The predicted octanol–water partition coefficient (Wildman–Crippen LogP) is 3.56. The fraction of sp³-hybridized carbons (Fsp3) is 0.286. The van der Waals surface area contributed by atoms with Crippen LogP contribution in [0.4, 0.5) is 0 Å². The Balaban J connectivity index is 2.36. The summed E-state index contributed by atoms with van der Waals surface area (Å²) in [5.74, 6) is 1.57. The van der Waals surface area contributed by atoms with Gasteiger partial charge < -0.3 is 14.5 Å². The van der Waals surface area contributed by atoms with Gasteiger partial charge in [-0.3, -0.25) is 0 Å². The van der Waals surface area contributed by atoms with Gasteiger partial charge in [0.05, 0.1) is 24.4 Å². The number of aryl methyl sites for hydroxylation is 1. The van der Waals surface area contributed by atoms with Gasteiger partial charge in [0.2, 0.25) is 0 Å². The molecule has 0 aliphatic heterocycles. The summed E-state index contributed by atoms with van der Waals surface area (Å²) in [5.41, 5.74) is 2.15. The molecule has 1 atom stereocenters. The molecule has 1 unspecified atom stereocenters. The van der Waals surface area contributed by atoms with E-state index in [4.69, 9.17) is 20.8 Å². The number of methoxy groups -OCH3 is 1. The van der Waals surface area contributed by atoms with E-state index < -0.39 is 0 Å². The molecule has 0 saturated heterocycles. The molecule has 1 N–H and O–H groups in total. The predicted molar refractivity (Wildman–Crippen MR) is 72.4 cm³/mol. The van der Waals surface area contributed by atoms with Crippen LogP contribution in [0, 0.1) is 6.92 Å². The highest BCUT2D eigenvalue weighted by Gasteiger charge is 2.15. The molecular formula is C14H16ClNO2. The van der Waals surface area contributed by atoms with E-state index >= 15 is 0 Å². The van der Waals surface area contributed by atoms with Gasteiger partial charge in [0, 0.05) is 5.56 Å². The normalized spacial score (nSPS) is 12.4. The molecule has 0 aliphatic carbocycles. The van der Waals surface area contributed by atoms with E-state index in [2.05, 4.69) is 5.32 Å². The highest BCUT2D eigenvalue weighted by atomic mass is 35.5. The molecule has 0 fully saturated rings. The summed E-state index contributed by atoms with van der Waals surface area (Å²) < 4.78 is 10.5. The van der Waals surface area contributed by atoms with Crippen molar-refractivity contribution < 1.29 is 9.15 Å². The Morgan fingerprint density at radius 2 is 2.06 bits per heavy atom. The SMILES string of the molecule is CNC(c1coc(C)c1)c1ccc(OC)c(Cl)c1. The van der Waals surface area contributed by atoms with Crippen LogP contribution < -0.4 is 10.1 Å². The number of benzene rings is 1. The van der Waals surface area contributed by atoms with E-state index in [1.807, 2.05) is 38.2 Å².